The average Bonchev–Trinajstić information content (AvgIpc) is 2.58. The van der Waals surface area contributed by atoms with Crippen molar-refractivity contribution < 1.29 is 23.5 Å². The van der Waals surface area contributed by atoms with Crippen molar-refractivity contribution in [3.05, 3.63) is 65.5 Å². The van der Waals surface area contributed by atoms with Gasteiger partial charge in [-0.05, 0) is 18.2 Å². The highest BCUT2D eigenvalue weighted by molar-refractivity contribution is 5.92. The molecule has 0 aliphatic rings. The van der Waals surface area contributed by atoms with Gasteiger partial charge >= 0.3 is 5.97 Å². The SMILES string of the molecule is COC(=O)c1ccccc1OCC(=O)NCc1ccccc1F. The Morgan fingerprint density at radius 2 is 1.78 bits per heavy atom. The van der Waals surface area contributed by atoms with E-state index < -0.39 is 11.9 Å². The molecular formula is C17H16FNO4. The Morgan fingerprint density at radius 1 is 1.09 bits per heavy atom. The summed E-state index contributed by atoms with van der Waals surface area (Å²) in [5.74, 6) is -1.11. The molecule has 2 aromatic carbocycles. The van der Waals surface area contributed by atoms with E-state index in [2.05, 4.69) is 10.1 Å². The highest BCUT2D eigenvalue weighted by atomic mass is 19.1. The van der Waals surface area contributed by atoms with Gasteiger partial charge in [0.2, 0.25) is 0 Å². The highest BCUT2D eigenvalue weighted by Crippen LogP contribution is 2.18. The number of nitrogens with one attached hydrogen (secondary N) is 1. The maximum atomic E-state index is 13.4. The van der Waals surface area contributed by atoms with E-state index in [0.29, 0.717) is 5.56 Å². The zero-order chi connectivity index (χ0) is 16.7. The van der Waals surface area contributed by atoms with Gasteiger partial charge in [0, 0.05) is 12.1 Å². The summed E-state index contributed by atoms with van der Waals surface area (Å²) in [6.45, 7) is -0.226. The Kier molecular flexibility index (Phi) is 5.68. The molecule has 0 aliphatic carbocycles. The lowest BCUT2D eigenvalue weighted by Gasteiger charge is -2.10. The fourth-order valence-corrected chi connectivity index (χ4v) is 1.90. The van der Waals surface area contributed by atoms with E-state index in [9.17, 15) is 14.0 Å². The molecule has 2 rings (SSSR count). The number of para-hydroxylation sites is 1. The quantitative estimate of drug-likeness (QED) is 0.830. The van der Waals surface area contributed by atoms with Crippen molar-refractivity contribution in [2.75, 3.05) is 13.7 Å². The van der Waals surface area contributed by atoms with Crippen LogP contribution in [0.2, 0.25) is 0 Å². The Morgan fingerprint density at radius 3 is 2.52 bits per heavy atom. The van der Waals surface area contributed by atoms with Crippen LogP contribution in [0.15, 0.2) is 48.5 Å². The minimum absolute atomic E-state index is 0.0630. The van der Waals surface area contributed by atoms with Gasteiger partial charge in [0.1, 0.15) is 17.1 Å². The van der Waals surface area contributed by atoms with Gasteiger partial charge in [-0.2, -0.15) is 0 Å². The van der Waals surface area contributed by atoms with E-state index >= 15 is 0 Å². The number of ether oxygens (including phenoxy) is 2. The van der Waals surface area contributed by atoms with Gasteiger partial charge in [0.15, 0.2) is 6.61 Å². The van der Waals surface area contributed by atoms with Gasteiger partial charge < -0.3 is 14.8 Å². The van der Waals surface area contributed by atoms with Crippen molar-refractivity contribution >= 4 is 11.9 Å². The summed E-state index contributed by atoms with van der Waals surface area (Å²) in [5, 5.41) is 2.55. The first kappa shape index (κ1) is 16.5. The third-order valence-electron chi connectivity index (χ3n) is 3.08. The monoisotopic (exact) mass is 317 g/mol. The Labute approximate surface area is 133 Å². The molecule has 0 spiro atoms. The first-order valence-electron chi connectivity index (χ1n) is 6.92. The number of halogens is 1. The van der Waals surface area contributed by atoms with Crippen LogP contribution in [-0.2, 0) is 16.1 Å². The Hall–Kier alpha value is -2.89. The first-order valence-corrected chi connectivity index (χ1v) is 6.92. The topological polar surface area (TPSA) is 64.6 Å². The molecule has 6 heteroatoms. The molecule has 0 saturated heterocycles. The molecule has 0 atom stereocenters. The minimum Gasteiger partial charge on any atom is -0.483 e. The minimum atomic E-state index is -0.549. The smallest absolute Gasteiger partial charge is 0.341 e. The fraction of sp³-hybridized carbons (Fsp3) is 0.176. The number of carbonyl (C=O) groups is 2. The summed E-state index contributed by atoms with van der Waals surface area (Å²) in [7, 11) is 1.26. The van der Waals surface area contributed by atoms with Gasteiger partial charge in [0.25, 0.3) is 5.91 Å². The standard InChI is InChI=1S/C17H16FNO4/c1-22-17(21)13-7-3-5-9-15(13)23-11-16(20)19-10-12-6-2-4-8-14(12)18/h2-9H,10-11H2,1H3,(H,19,20). The summed E-state index contributed by atoms with van der Waals surface area (Å²) < 4.78 is 23.4. The lowest BCUT2D eigenvalue weighted by Crippen LogP contribution is -2.29. The van der Waals surface area contributed by atoms with Crippen molar-refractivity contribution in [3.8, 4) is 5.75 Å². The predicted molar refractivity (Wildman–Crippen MR) is 81.5 cm³/mol. The molecule has 0 radical (unpaired) electrons. The molecule has 1 N–H and O–H groups in total. The van der Waals surface area contributed by atoms with Crippen molar-refractivity contribution in [2.24, 2.45) is 0 Å². The van der Waals surface area contributed by atoms with E-state index in [0.717, 1.165) is 0 Å². The third kappa shape index (κ3) is 4.54. The van der Waals surface area contributed by atoms with E-state index in [4.69, 9.17) is 4.74 Å². The van der Waals surface area contributed by atoms with E-state index in [1.54, 1.807) is 42.5 Å². The lowest BCUT2D eigenvalue weighted by atomic mass is 10.2. The molecule has 0 saturated carbocycles. The number of hydrogen-bond acceptors (Lipinski definition) is 4. The summed E-state index contributed by atoms with van der Waals surface area (Å²) >= 11 is 0. The molecule has 0 aromatic heterocycles. The average molecular weight is 317 g/mol. The summed E-state index contributed by atoms with van der Waals surface area (Å²) in [6.07, 6.45) is 0. The molecular weight excluding hydrogens is 301 g/mol. The number of rotatable bonds is 6. The second kappa shape index (κ2) is 7.93. The van der Waals surface area contributed by atoms with Crippen LogP contribution in [0.3, 0.4) is 0 Å². The highest BCUT2D eigenvalue weighted by Gasteiger charge is 2.13. The van der Waals surface area contributed by atoms with Crippen LogP contribution in [0.25, 0.3) is 0 Å². The van der Waals surface area contributed by atoms with E-state index in [-0.39, 0.29) is 30.3 Å². The van der Waals surface area contributed by atoms with Crippen LogP contribution < -0.4 is 10.1 Å². The summed E-state index contributed by atoms with van der Waals surface area (Å²) in [5.41, 5.74) is 0.618. The van der Waals surface area contributed by atoms with E-state index in [1.165, 1.54) is 13.2 Å². The molecule has 0 bridgehead atoms. The maximum absolute atomic E-state index is 13.4. The van der Waals surface area contributed by atoms with Crippen LogP contribution >= 0.6 is 0 Å². The molecule has 1 amide bonds. The molecule has 120 valence electrons. The van der Waals surface area contributed by atoms with Crippen molar-refractivity contribution in [1.82, 2.24) is 5.32 Å². The van der Waals surface area contributed by atoms with Crippen molar-refractivity contribution in [1.29, 1.82) is 0 Å². The summed E-state index contributed by atoms with van der Waals surface area (Å²) in [6, 6.07) is 12.6. The van der Waals surface area contributed by atoms with Crippen molar-refractivity contribution in [2.45, 2.75) is 6.54 Å². The van der Waals surface area contributed by atoms with Crippen LogP contribution in [0.1, 0.15) is 15.9 Å². The predicted octanol–water partition coefficient (Wildman–Crippen LogP) is 2.31. The molecule has 5 nitrogen and oxygen atoms in total. The molecule has 2 aromatic rings. The number of esters is 1. The number of hydrogen-bond donors (Lipinski definition) is 1. The van der Waals surface area contributed by atoms with Gasteiger partial charge in [-0.3, -0.25) is 4.79 Å². The Balaban J connectivity index is 1.90. The normalized spacial score (nSPS) is 10.0. The molecule has 0 heterocycles. The molecule has 0 unspecified atom stereocenters. The fourth-order valence-electron chi connectivity index (χ4n) is 1.90. The molecule has 0 aliphatic heterocycles. The van der Waals surface area contributed by atoms with Gasteiger partial charge in [-0.15, -0.1) is 0 Å². The van der Waals surface area contributed by atoms with Crippen LogP contribution in [-0.4, -0.2) is 25.6 Å². The van der Waals surface area contributed by atoms with Gasteiger partial charge in [-0.25, -0.2) is 9.18 Å². The third-order valence-corrected chi connectivity index (χ3v) is 3.08. The van der Waals surface area contributed by atoms with Crippen LogP contribution in [0.4, 0.5) is 4.39 Å². The van der Waals surface area contributed by atoms with Crippen LogP contribution in [0, 0.1) is 5.82 Å². The van der Waals surface area contributed by atoms with Gasteiger partial charge in [0.05, 0.1) is 7.11 Å². The summed E-state index contributed by atoms with van der Waals surface area (Å²) in [4.78, 5) is 23.4. The van der Waals surface area contributed by atoms with Crippen molar-refractivity contribution in [3.63, 3.8) is 0 Å². The zero-order valence-corrected chi connectivity index (χ0v) is 12.5. The molecule has 23 heavy (non-hydrogen) atoms. The molecule has 0 fully saturated rings. The number of benzene rings is 2. The van der Waals surface area contributed by atoms with E-state index in [1.807, 2.05) is 0 Å². The second-order valence-electron chi connectivity index (χ2n) is 4.64. The number of carbonyl (C=O) groups excluding carboxylic acids is 2. The number of methoxy groups -OCH3 is 1. The first-order chi connectivity index (χ1) is 11.1. The lowest BCUT2D eigenvalue weighted by molar-refractivity contribution is -0.123. The zero-order valence-electron chi connectivity index (χ0n) is 12.5. The number of amides is 1. The maximum Gasteiger partial charge on any atom is 0.341 e. The van der Waals surface area contributed by atoms with Crippen LogP contribution in [0.5, 0.6) is 5.75 Å². The largest absolute Gasteiger partial charge is 0.483 e. The van der Waals surface area contributed by atoms with Gasteiger partial charge in [-0.1, -0.05) is 30.3 Å². The second-order valence-corrected chi connectivity index (χ2v) is 4.64. The Bertz CT molecular complexity index is 702.